The predicted octanol–water partition coefficient (Wildman–Crippen LogP) is 4.56. The van der Waals surface area contributed by atoms with Crippen molar-refractivity contribution in [2.45, 2.75) is 13.5 Å². The van der Waals surface area contributed by atoms with Gasteiger partial charge >= 0.3 is 0 Å². The zero-order valence-corrected chi connectivity index (χ0v) is 13.3. The summed E-state index contributed by atoms with van der Waals surface area (Å²) in [5.74, 6) is 1.22. The van der Waals surface area contributed by atoms with Crippen molar-refractivity contribution in [3.63, 3.8) is 0 Å². The van der Waals surface area contributed by atoms with Crippen molar-refractivity contribution in [3.05, 3.63) is 76.8 Å². The third-order valence-corrected chi connectivity index (χ3v) is 3.68. The summed E-state index contributed by atoms with van der Waals surface area (Å²) >= 11 is 5.97. The summed E-state index contributed by atoms with van der Waals surface area (Å²) in [6.07, 6.45) is 5.38. The highest BCUT2D eigenvalue weighted by molar-refractivity contribution is 6.30. The van der Waals surface area contributed by atoms with E-state index in [9.17, 15) is 5.26 Å². The summed E-state index contributed by atoms with van der Waals surface area (Å²) in [5, 5.41) is 9.95. The molecule has 0 N–H and O–H groups in total. The molecule has 23 heavy (non-hydrogen) atoms. The van der Waals surface area contributed by atoms with Gasteiger partial charge < -0.3 is 9.30 Å². The third kappa shape index (κ3) is 3.53. The zero-order valence-electron chi connectivity index (χ0n) is 12.5. The van der Waals surface area contributed by atoms with Crippen molar-refractivity contribution in [2.75, 3.05) is 0 Å². The maximum atomic E-state index is 9.29. The van der Waals surface area contributed by atoms with E-state index in [4.69, 9.17) is 16.3 Å². The van der Waals surface area contributed by atoms with Crippen molar-refractivity contribution < 1.29 is 4.74 Å². The molecule has 0 aliphatic heterocycles. The lowest BCUT2D eigenvalue weighted by Gasteiger charge is -2.12. The lowest BCUT2D eigenvalue weighted by atomic mass is 10.1. The van der Waals surface area contributed by atoms with Crippen LogP contribution < -0.4 is 4.74 Å². The van der Waals surface area contributed by atoms with Crippen LogP contribution in [0.25, 0.3) is 0 Å². The fraction of sp³-hybridized carbons (Fsp3) is 0.111. The Hall–Kier alpha value is -2.77. The monoisotopic (exact) mass is 323 g/mol. The molecule has 1 aromatic heterocycles. The second-order valence-electron chi connectivity index (χ2n) is 5.19. The van der Waals surface area contributed by atoms with Gasteiger partial charge in [-0.2, -0.15) is 5.26 Å². The van der Waals surface area contributed by atoms with Crippen LogP contribution in [0.3, 0.4) is 0 Å². The Morgan fingerprint density at radius 2 is 2.09 bits per heavy atom. The van der Waals surface area contributed by atoms with Crippen LogP contribution in [-0.4, -0.2) is 9.55 Å². The van der Waals surface area contributed by atoms with Gasteiger partial charge in [0.25, 0.3) is 0 Å². The lowest BCUT2D eigenvalue weighted by Crippen LogP contribution is -1.98. The van der Waals surface area contributed by atoms with Crippen LogP contribution in [0.4, 0.5) is 0 Å². The van der Waals surface area contributed by atoms with Crippen molar-refractivity contribution >= 4 is 11.6 Å². The number of nitriles is 1. The minimum atomic E-state index is 0.494. The number of ether oxygens (including phenoxy) is 1. The molecular weight excluding hydrogens is 310 g/mol. The Labute approximate surface area is 139 Å². The molecule has 0 spiro atoms. The van der Waals surface area contributed by atoms with E-state index in [1.807, 2.05) is 35.9 Å². The quantitative estimate of drug-likeness (QED) is 0.707. The molecule has 0 saturated heterocycles. The molecule has 4 nitrogen and oxygen atoms in total. The molecule has 0 atom stereocenters. The van der Waals surface area contributed by atoms with Crippen molar-refractivity contribution in [3.8, 4) is 17.6 Å². The smallest absolute Gasteiger partial charge is 0.145 e. The highest BCUT2D eigenvalue weighted by Crippen LogP contribution is 2.30. The SMILES string of the molecule is Cc1cc(Cl)ccc1Oc1cc(Cn2ccnc2)ccc1C#N. The van der Waals surface area contributed by atoms with E-state index in [1.165, 1.54) is 0 Å². The maximum absolute atomic E-state index is 9.29. The molecule has 2 aromatic carbocycles. The Morgan fingerprint density at radius 1 is 1.22 bits per heavy atom. The second kappa shape index (κ2) is 6.55. The third-order valence-electron chi connectivity index (χ3n) is 3.45. The van der Waals surface area contributed by atoms with Crippen LogP contribution in [0.1, 0.15) is 16.7 Å². The molecule has 1 heterocycles. The van der Waals surface area contributed by atoms with Gasteiger partial charge in [0, 0.05) is 24.0 Å². The van der Waals surface area contributed by atoms with Gasteiger partial charge in [0.15, 0.2) is 0 Å². The van der Waals surface area contributed by atoms with Crippen LogP contribution in [0, 0.1) is 18.3 Å². The van der Waals surface area contributed by atoms with Gasteiger partial charge in [-0.3, -0.25) is 0 Å². The predicted molar refractivity (Wildman–Crippen MR) is 88.7 cm³/mol. The van der Waals surface area contributed by atoms with Crippen molar-refractivity contribution in [1.29, 1.82) is 5.26 Å². The average Bonchev–Trinajstić information content (AvgIpc) is 3.03. The molecule has 3 aromatic rings. The molecule has 0 aliphatic rings. The number of imidazole rings is 1. The normalized spacial score (nSPS) is 10.3. The summed E-state index contributed by atoms with van der Waals surface area (Å²) < 4.78 is 7.90. The van der Waals surface area contributed by atoms with Gasteiger partial charge in [0.1, 0.15) is 17.6 Å². The molecule has 0 unspecified atom stereocenters. The summed E-state index contributed by atoms with van der Waals surface area (Å²) in [6.45, 7) is 2.59. The van der Waals surface area contributed by atoms with Crippen LogP contribution in [0.2, 0.25) is 5.02 Å². The molecule has 0 amide bonds. The first-order valence-corrected chi connectivity index (χ1v) is 7.46. The minimum absolute atomic E-state index is 0.494. The minimum Gasteiger partial charge on any atom is -0.456 e. The summed E-state index contributed by atoms with van der Waals surface area (Å²) in [6, 6.07) is 13.1. The molecule has 0 fully saturated rings. The molecule has 0 saturated carbocycles. The number of halogens is 1. The number of aryl methyl sites for hydroxylation is 1. The van der Waals surface area contributed by atoms with E-state index in [0.29, 0.717) is 28.6 Å². The highest BCUT2D eigenvalue weighted by Gasteiger charge is 2.09. The summed E-state index contributed by atoms with van der Waals surface area (Å²) in [7, 11) is 0. The fourth-order valence-electron chi connectivity index (χ4n) is 2.28. The van der Waals surface area contributed by atoms with E-state index >= 15 is 0 Å². The molecule has 5 heteroatoms. The number of nitrogens with zero attached hydrogens (tertiary/aromatic N) is 3. The van der Waals surface area contributed by atoms with E-state index in [2.05, 4.69) is 11.1 Å². The number of aromatic nitrogens is 2. The first kappa shape index (κ1) is 15.1. The lowest BCUT2D eigenvalue weighted by molar-refractivity contribution is 0.476. The molecule has 0 radical (unpaired) electrons. The topological polar surface area (TPSA) is 50.8 Å². The van der Waals surface area contributed by atoms with Crippen LogP contribution in [-0.2, 0) is 6.54 Å². The summed E-state index contributed by atoms with van der Waals surface area (Å²) in [4.78, 5) is 4.03. The van der Waals surface area contributed by atoms with Gasteiger partial charge in [0.05, 0.1) is 11.9 Å². The fourth-order valence-corrected chi connectivity index (χ4v) is 2.51. The van der Waals surface area contributed by atoms with E-state index in [1.54, 1.807) is 30.7 Å². The Balaban J connectivity index is 1.91. The number of hydrogen-bond acceptors (Lipinski definition) is 3. The van der Waals surface area contributed by atoms with Crippen molar-refractivity contribution in [2.24, 2.45) is 0 Å². The number of hydrogen-bond donors (Lipinski definition) is 0. The Morgan fingerprint density at radius 3 is 2.78 bits per heavy atom. The molecule has 0 aliphatic carbocycles. The highest BCUT2D eigenvalue weighted by atomic mass is 35.5. The van der Waals surface area contributed by atoms with E-state index in [0.717, 1.165) is 11.1 Å². The molecule has 3 rings (SSSR count). The van der Waals surface area contributed by atoms with E-state index in [-0.39, 0.29) is 0 Å². The molecule has 0 bridgehead atoms. The largest absolute Gasteiger partial charge is 0.456 e. The van der Waals surface area contributed by atoms with Crippen molar-refractivity contribution in [1.82, 2.24) is 9.55 Å². The number of benzene rings is 2. The Kier molecular flexibility index (Phi) is 4.31. The standard InChI is InChI=1S/C18H14ClN3O/c1-13-8-16(19)4-5-17(13)23-18-9-14(2-3-15(18)10-20)11-22-7-6-21-12-22/h2-9,12H,11H2,1H3. The van der Waals surface area contributed by atoms with Gasteiger partial charge in [-0.15, -0.1) is 0 Å². The van der Waals surface area contributed by atoms with Gasteiger partial charge in [-0.05, 0) is 48.4 Å². The number of rotatable bonds is 4. The second-order valence-corrected chi connectivity index (χ2v) is 5.63. The zero-order chi connectivity index (χ0) is 16.2. The van der Waals surface area contributed by atoms with Gasteiger partial charge in [-0.1, -0.05) is 17.7 Å². The summed E-state index contributed by atoms with van der Waals surface area (Å²) in [5.41, 5.74) is 2.44. The Bertz CT molecular complexity index is 866. The van der Waals surface area contributed by atoms with Crippen LogP contribution in [0.15, 0.2) is 55.1 Å². The van der Waals surface area contributed by atoms with Crippen LogP contribution in [0.5, 0.6) is 11.5 Å². The van der Waals surface area contributed by atoms with Gasteiger partial charge in [-0.25, -0.2) is 4.98 Å². The molecule has 114 valence electrons. The van der Waals surface area contributed by atoms with Crippen LogP contribution >= 0.6 is 11.6 Å². The first-order chi connectivity index (χ1) is 11.2. The van der Waals surface area contributed by atoms with E-state index < -0.39 is 0 Å². The molecular formula is C18H14ClN3O. The maximum Gasteiger partial charge on any atom is 0.145 e. The first-order valence-electron chi connectivity index (χ1n) is 7.08. The average molecular weight is 324 g/mol. The van der Waals surface area contributed by atoms with Gasteiger partial charge in [0.2, 0.25) is 0 Å².